The number of benzene rings is 2. The van der Waals surface area contributed by atoms with Gasteiger partial charge < -0.3 is 10.1 Å². The molecule has 11 heteroatoms. The van der Waals surface area contributed by atoms with Crippen molar-refractivity contribution in [1.82, 2.24) is 0 Å². The van der Waals surface area contributed by atoms with Gasteiger partial charge >= 0.3 is 12.1 Å². The molecule has 1 atom stereocenters. The number of ether oxygens (including phenoxy) is 1. The molecular weight excluding hydrogens is 486 g/mol. The number of anilines is 1. The second-order valence-corrected chi connectivity index (χ2v) is 8.39. The van der Waals surface area contributed by atoms with Gasteiger partial charge in [-0.2, -0.15) is 13.2 Å². The first kappa shape index (κ1) is 22.7. The first-order valence-electron chi connectivity index (χ1n) is 8.23. The van der Waals surface area contributed by atoms with Crippen LogP contribution in [0.2, 0.25) is 15.1 Å². The number of carbonyl (C=O) groups excluding carboxylic acids is 2. The first-order chi connectivity index (χ1) is 14.0. The van der Waals surface area contributed by atoms with Gasteiger partial charge in [0.25, 0.3) is 5.91 Å². The molecule has 3 aromatic rings. The molecule has 1 N–H and O–H groups in total. The molecule has 0 aliphatic heterocycles. The topological polar surface area (TPSA) is 55.4 Å². The van der Waals surface area contributed by atoms with E-state index in [4.69, 9.17) is 39.5 Å². The molecule has 30 heavy (non-hydrogen) atoms. The minimum Gasteiger partial charge on any atom is -0.448 e. The summed E-state index contributed by atoms with van der Waals surface area (Å²) in [5.41, 5.74) is -1.24. The number of halogens is 6. The van der Waals surface area contributed by atoms with Crippen molar-refractivity contribution in [3.8, 4) is 0 Å². The standard InChI is InChI=1S/C19H11Cl3F3NO3S/c1-8(17(27)26-13-6-9(19(23,24)25)2-5-12(13)21)29-18(28)16-15(22)11-4-3-10(20)7-14(11)30-16/h2-8H,1H3,(H,26,27). The summed E-state index contributed by atoms with van der Waals surface area (Å²) < 4.78 is 44.4. The van der Waals surface area contributed by atoms with Crippen LogP contribution in [0.25, 0.3) is 10.1 Å². The van der Waals surface area contributed by atoms with Crippen molar-refractivity contribution >= 4 is 73.8 Å². The van der Waals surface area contributed by atoms with Crippen LogP contribution in [0.1, 0.15) is 22.2 Å². The summed E-state index contributed by atoms with van der Waals surface area (Å²) in [6.45, 7) is 1.27. The molecule has 1 aromatic heterocycles. The second kappa shape index (κ2) is 8.63. The Bertz CT molecular complexity index is 1150. The Labute approximate surface area is 187 Å². The zero-order valence-electron chi connectivity index (χ0n) is 14.9. The first-order valence-corrected chi connectivity index (χ1v) is 10.2. The fourth-order valence-electron chi connectivity index (χ4n) is 2.47. The fourth-order valence-corrected chi connectivity index (χ4v) is 4.30. The van der Waals surface area contributed by atoms with Crippen molar-refractivity contribution < 1.29 is 27.5 Å². The smallest absolute Gasteiger partial charge is 0.416 e. The van der Waals surface area contributed by atoms with Gasteiger partial charge in [0.1, 0.15) is 4.88 Å². The van der Waals surface area contributed by atoms with Gasteiger partial charge in [-0.05, 0) is 37.3 Å². The molecule has 4 nitrogen and oxygen atoms in total. The maximum atomic E-state index is 12.9. The van der Waals surface area contributed by atoms with Crippen LogP contribution < -0.4 is 5.32 Å². The number of thiophene rings is 1. The van der Waals surface area contributed by atoms with Crippen LogP contribution in [0.3, 0.4) is 0 Å². The van der Waals surface area contributed by atoms with Crippen LogP contribution in [0.5, 0.6) is 0 Å². The summed E-state index contributed by atoms with van der Waals surface area (Å²) in [4.78, 5) is 24.8. The minimum atomic E-state index is -4.61. The molecule has 0 bridgehead atoms. The molecule has 2 aromatic carbocycles. The summed E-state index contributed by atoms with van der Waals surface area (Å²) in [5, 5.41) is 3.36. The van der Waals surface area contributed by atoms with E-state index in [1.807, 2.05) is 0 Å². The molecule has 0 saturated heterocycles. The highest BCUT2D eigenvalue weighted by Gasteiger charge is 2.31. The van der Waals surface area contributed by atoms with Crippen molar-refractivity contribution in [1.29, 1.82) is 0 Å². The number of esters is 1. The monoisotopic (exact) mass is 495 g/mol. The molecule has 158 valence electrons. The summed E-state index contributed by atoms with van der Waals surface area (Å²) in [6.07, 6.45) is -5.93. The van der Waals surface area contributed by atoms with Crippen LogP contribution in [0.4, 0.5) is 18.9 Å². The number of hydrogen-bond acceptors (Lipinski definition) is 4. The molecule has 0 spiro atoms. The van der Waals surface area contributed by atoms with E-state index in [1.165, 1.54) is 6.92 Å². The molecule has 1 heterocycles. The SMILES string of the molecule is CC(OC(=O)c1sc2cc(Cl)ccc2c1Cl)C(=O)Nc1cc(C(F)(F)F)ccc1Cl. The Morgan fingerprint density at radius 2 is 1.80 bits per heavy atom. The molecule has 0 aliphatic rings. The second-order valence-electron chi connectivity index (χ2n) is 6.11. The van der Waals surface area contributed by atoms with E-state index in [0.29, 0.717) is 21.2 Å². The molecule has 0 saturated carbocycles. The largest absolute Gasteiger partial charge is 0.448 e. The number of carbonyl (C=O) groups is 2. The Morgan fingerprint density at radius 3 is 2.47 bits per heavy atom. The van der Waals surface area contributed by atoms with E-state index >= 15 is 0 Å². The van der Waals surface area contributed by atoms with Gasteiger partial charge in [-0.1, -0.05) is 40.9 Å². The average Bonchev–Trinajstić information content (AvgIpc) is 2.98. The van der Waals surface area contributed by atoms with Crippen LogP contribution in [-0.4, -0.2) is 18.0 Å². The van der Waals surface area contributed by atoms with E-state index in [1.54, 1.807) is 18.2 Å². The Morgan fingerprint density at radius 1 is 1.10 bits per heavy atom. The highest BCUT2D eigenvalue weighted by Crippen LogP contribution is 2.37. The zero-order chi connectivity index (χ0) is 22.2. The number of hydrogen-bond donors (Lipinski definition) is 1. The summed E-state index contributed by atoms with van der Waals surface area (Å²) in [7, 11) is 0. The minimum absolute atomic E-state index is 0.0747. The van der Waals surface area contributed by atoms with Gasteiger partial charge in [-0.25, -0.2) is 4.79 Å². The number of alkyl halides is 3. The van der Waals surface area contributed by atoms with Crippen molar-refractivity contribution in [3.05, 3.63) is 61.9 Å². The predicted octanol–water partition coefficient (Wildman–Crippen LogP) is 7.06. The Kier molecular flexibility index (Phi) is 6.52. The highest BCUT2D eigenvalue weighted by molar-refractivity contribution is 7.21. The highest BCUT2D eigenvalue weighted by atomic mass is 35.5. The normalized spacial score (nSPS) is 12.6. The third kappa shape index (κ3) is 4.83. The summed E-state index contributed by atoms with van der Waals surface area (Å²) in [6, 6.07) is 7.40. The molecule has 3 rings (SSSR count). The quantitative estimate of drug-likeness (QED) is 0.393. The maximum absolute atomic E-state index is 12.9. The van der Waals surface area contributed by atoms with Crippen LogP contribution >= 0.6 is 46.1 Å². The van der Waals surface area contributed by atoms with E-state index < -0.39 is 29.7 Å². The van der Waals surface area contributed by atoms with Gasteiger partial charge in [0.15, 0.2) is 6.10 Å². The fraction of sp³-hybridized carbons (Fsp3) is 0.158. The van der Waals surface area contributed by atoms with Crippen LogP contribution in [-0.2, 0) is 15.7 Å². The van der Waals surface area contributed by atoms with Gasteiger partial charge in [0.2, 0.25) is 0 Å². The van der Waals surface area contributed by atoms with E-state index in [-0.39, 0.29) is 20.6 Å². The van der Waals surface area contributed by atoms with Crippen molar-refractivity contribution in [2.24, 2.45) is 0 Å². The third-order valence-corrected chi connectivity index (χ3v) is 6.18. The molecule has 1 unspecified atom stereocenters. The number of nitrogens with one attached hydrogen (secondary N) is 1. The van der Waals surface area contributed by atoms with Gasteiger partial charge in [0.05, 0.1) is 21.3 Å². The number of fused-ring (bicyclic) bond motifs is 1. The lowest BCUT2D eigenvalue weighted by Gasteiger charge is -2.15. The molecule has 0 aliphatic carbocycles. The Balaban J connectivity index is 1.75. The van der Waals surface area contributed by atoms with Crippen molar-refractivity contribution in [3.63, 3.8) is 0 Å². The van der Waals surface area contributed by atoms with Gasteiger partial charge in [-0.15, -0.1) is 11.3 Å². The molecule has 0 radical (unpaired) electrons. The molecular formula is C19H11Cl3F3NO3S. The predicted molar refractivity (Wildman–Crippen MR) is 112 cm³/mol. The van der Waals surface area contributed by atoms with E-state index in [9.17, 15) is 22.8 Å². The third-order valence-electron chi connectivity index (χ3n) is 3.98. The lowest BCUT2D eigenvalue weighted by atomic mass is 10.2. The number of amides is 1. The van der Waals surface area contributed by atoms with Crippen LogP contribution in [0.15, 0.2) is 36.4 Å². The maximum Gasteiger partial charge on any atom is 0.416 e. The summed E-state index contributed by atoms with van der Waals surface area (Å²) >= 11 is 19.0. The van der Waals surface area contributed by atoms with Gasteiger partial charge in [-0.3, -0.25) is 4.79 Å². The zero-order valence-corrected chi connectivity index (χ0v) is 18.0. The summed E-state index contributed by atoms with van der Waals surface area (Å²) in [5.74, 6) is -1.71. The molecule has 1 amide bonds. The van der Waals surface area contributed by atoms with Gasteiger partial charge in [0, 0.05) is 15.1 Å². The molecule has 0 fully saturated rings. The lowest BCUT2D eigenvalue weighted by Crippen LogP contribution is -2.30. The van der Waals surface area contributed by atoms with Crippen LogP contribution in [0, 0.1) is 0 Å². The number of rotatable bonds is 4. The average molecular weight is 497 g/mol. The van der Waals surface area contributed by atoms with E-state index in [2.05, 4.69) is 5.32 Å². The van der Waals surface area contributed by atoms with E-state index in [0.717, 1.165) is 23.5 Å². The van der Waals surface area contributed by atoms with Crippen molar-refractivity contribution in [2.45, 2.75) is 19.2 Å². The Hall–Kier alpha value is -2.00. The van der Waals surface area contributed by atoms with Crippen molar-refractivity contribution in [2.75, 3.05) is 5.32 Å². The lowest BCUT2D eigenvalue weighted by molar-refractivity contribution is -0.137.